The van der Waals surface area contributed by atoms with Gasteiger partial charge in [0.1, 0.15) is 6.04 Å². The van der Waals surface area contributed by atoms with E-state index in [1.165, 1.54) is 0 Å². The molecule has 4 heteroatoms. The van der Waals surface area contributed by atoms with Crippen molar-refractivity contribution in [1.29, 1.82) is 0 Å². The lowest BCUT2D eigenvalue weighted by Crippen LogP contribution is -2.43. The molecule has 0 saturated heterocycles. The third-order valence-electron chi connectivity index (χ3n) is 1.94. The van der Waals surface area contributed by atoms with E-state index < -0.39 is 17.4 Å². The molecule has 0 aliphatic heterocycles. The molecule has 0 radical (unpaired) electrons. The van der Waals surface area contributed by atoms with E-state index in [0.717, 1.165) is 5.57 Å². The fourth-order valence-electron chi connectivity index (χ4n) is 1.09. The smallest absolute Gasteiger partial charge is 0.321 e. The quantitative estimate of drug-likeness (QED) is 0.476. The topological polar surface area (TPSA) is 63.3 Å². The highest BCUT2D eigenvalue weighted by molar-refractivity contribution is 7.80. The van der Waals surface area contributed by atoms with Crippen molar-refractivity contribution in [1.82, 2.24) is 0 Å². The largest absolute Gasteiger partial charge is 0.480 e. The van der Waals surface area contributed by atoms with E-state index in [2.05, 4.69) is 12.6 Å². The van der Waals surface area contributed by atoms with Crippen LogP contribution < -0.4 is 5.73 Å². The molecule has 0 rings (SSSR count). The minimum atomic E-state index is -0.979. The highest BCUT2D eigenvalue weighted by atomic mass is 32.1. The second kappa shape index (κ2) is 4.67. The Morgan fingerprint density at radius 2 is 2.15 bits per heavy atom. The molecule has 1 unspecified atom stereocenters. The van der Waals surface area contributed by atoms with Gasteiger partial charge >= 0.3 is 5.97 Å². The number of hydrogen-bond donors (Lipinski definition) is 3. The average Bonchev–Trinajstić information content (AvgIpc) is 2.01. The third kappa shape index (κ3) is 3.83. The Hall–Kier alpha value is -0.480. The Morgan fingerprint density at radius 1 is 1.69 bits per heavy atom. The van der Waals surface area contributed by atoms with Crippen molar-refractivity contribution < 1.29 is 9.90 Å². The summed E-state index contributed by atoms with van der Waals surface area (Å²) in [7, 11) is 0. The Balaban J connectivity index is 4.66. The molecule has 0 spiro atoms. The van der Waals surface area contributed by atoms with Crippen LogP contribution in [0.1, 0.15) is 20.8 Å². The van der Waals surface area contributed by atoms with Crippen LogP contribution in [0.4, 0.5) is 0 Å². The van der Waals surface area contributed by atoms with Gasteiger partial charge < -0.3 is 10.8 Å². The molecule has 0 bridgehead atoms. The number of nitrogens with two attached hydrogens (primary N) is 1. The Bertz CT molecular complexity index is 224. The van der Waals surface area contributed by atoms with Gasteiger partial charge in [0.2, 0.25) is 0 Å². The fraction of sp³-hybridized carbons (Fsp3) is 0.667. The predicted octanol–water partition coefficient (Wildman–Crippen LogP) is 1.30. The van der Waals surface area contributed by atoms with Crippen LogP contribution in [-0.2, 0) is 4.79 Å². The van der Waals surface area contributed by atoms with Crippen LogP contribution in [0.15, 0.2) is 11.6 Å². The molecule has 0 amide bonds. The molecule has 0 aromatic heterocycles. The molecule has 0 aromatic carbocycles. The highest BCUT2D eigenvalue weighted by Crippen LogP contribution is 2.23. The van der Waals surface area contributed by atoms with Crippen molar-refractivity contribution >= 4 is 18.6 Å². The number of carboxylic acids is 1. The van der Waals surface area contributed by atoms with Crippen molar-refractivity contribution in [3.63, 3.8) is 0 Å². The summed E-state index contributed by atoms with van der Waals surface area (Å²) in [5, 5.41) is 8.73. The molecule has 3 nitrogen and oxygen atoms in total. The standard InChI is InChI=1S/C9H17NO2S/c1-6(5-13)4-9(2,3)7(10)8(11)12/h4,7,13H,5,10H2,1-3H3,(H,11,12)/b6-4+. The van der Waals surface area contributed by atoms with Crippen molar-refractivity contribution in [2.75, 3.05) is 5.75 Å². The van der Waals surface area contributed by atoms with Crippen LogP contribution in [-0.4, -0.2) is 22.9 Å². The summed E-state index contributed by atoms with van der Waals surface area (Å²) in [5.74, 6) is -0.358. The van der Waals surface area contributed by atoms with Gasteiger partial charge in [-0.3, -0.25) is 4.79 Å². The van der Waals surface area contributed by atoms with Crippen LogP contribution in [0, 0.1) is 5.41 Å². The maximum Gasteiger partial charge on any atom is 0.321 e. The van der Waals surface area contributed by atoms with E-state index in [4.69, 9.17) is 10.8 Å². The predicted molar refractivity (Wildman–Crippen MR) is 57.0 cm³/mol. The molecule has 0 heterocycles. The summed E-state index contributed by atoms with van der Waals surface area (Å²) < 4.78 is 0. The van der Waals surface area contributed by atoms with Gasteiger partial charge in [0.05, 0.1) is 0 Å². The summed E-state index contributed by atoms with van der Waals surface area (Å²) >= 11 is 4.09. The van der Waals surface area contributed by atoms with Crippen molar-refractivity contribution in [2.24, 2.45) is 11.1 Å². The van der Waals surface area contributed by atoms with Crippen molar-refractivity contribution in [2.45, 2.75) is 26.8 Å². The first kappa shape index (κ1) is 12.5. The molecule has 0 aliphatic rings. The van der Waals surface area contributed by atoms with Crippen LogP contribution in [0.25, 0.3) is 0 Å². The number of thiol groups is 1. The molecular formula is C9H17NO2S. The zero-order valence-electron chi connectivity index (χ0n) is 8.24. The van der Waals surface area contributed by atoms with Gasteiger partial charge in [0.15, 0.2) is 0 Å². The number of aliphatic carboxylic acids is 1. The summed E-state index contributed by atoms with van der Waals surface area (Å²) in [5.41, 5.74) is 6.03. The molecule has 0 fully saturated rings. The van der Waals surface area contributed by atoms with Gasteiger partial charge in [-0.05, 0) is 6.92 Å². The average molecular weight is 203 g/mol. The van der Waals surface area contributed by atoms with Gasteiger partial charge in [0, 0.05) is 11.2 Å². The van der Waals surface area contributed by atoms with E-state index in [0.29, 0.717) is 5.75 Å². The zero-order chi connectivity index (χ0) is 10.6. The molecule has 13 heavy (non-hydrogen) atoms. The molecule has 0 aromatic rings. The van der Waals surface area contributed by atoms with E-state index in [1.54, 1.807) is 13.8 Å². The van der Waals surface area contributed by atoms with Crippen molar-refractivity contribution in [3.8, 4) is 0 Å². The number of carboxylic acid groups (broad SMARTS) is 1. The maximum atomic E-state index is 10.6. The molecule has 3 N–H and O–H groups in total. The summed E-state index contributed by atoms with van der Waals surface area (Å²) in [6, 6.07) is -0.873. The highest BCUT2D eigenvalue weighted by Gasteiger charge is 2.29. The van der Waals surface area contributed by atoms with E-state index in [9.17, 15) is 4.79 Å². The second-order valence-electron chi connectivity index (χ2n) is 3.79. The lowest BCUT2D eigenvalue weighted by Gasteiger charge is -2.25. The van der Waals surface area contributed by atoms with Crippen LogP contribution >= 0.6 is 12.6 Å². The minimum absolute atomic E-state index is 0.529. The van der Waals surface area contributed by atoms with Gasteiger partial charge in [-0.15, -0.1) is 0 Å². The fourth-order valence-corrected chi connectivity index (χ4v) is 1.18. The van der Waals surface area contributed by atoms with Crippen LogP contribution in [0.3, 0.4) is 0 Å². The lowest BCUT2D eigenvalue weighted by atomic mass is 9.83. The molecule has 1 atom stereocenters. The Kier molecular flexibility index (Phi) is 4.50. The minimum Gasteiger partial charge on any atom is -0.480 e. The number of rotatable bonds is 4. The van der Waals surface area contributed by atoms with E-state index in [1.807, 2.05) is 13.0 Å². The van der Waals surface area contributed by atoms with E-state index >= 15 is 0 Å². The summed E-state index contributed by atoms with van der Waals surface area (Å²) in [4.78, 5) is 10.6. The molecule has 76 valence electrons. The first-order valence-electron chi connectivity index (χ1n) is 4.09. The van der Waals surface area contributed by atoms with Crippen LogP contribution in [0.5, 0.6) is 0 Å². The summed E-state index contributed by atoms with van der Waals surface area (Å²) in [6.45, 7) is 5.51. The van der Waals surface area contributed by atoms with E-state index in [-0.39, 0.29) is 0 Å². The second-order valence-corrected chi connectivity index (χ2v) is 4.10. The van der Waals surface area contributed by atoms with Gasteiger partial charge in [-0.25, -0.2) is 0 Å². The number of carbonyl (C=O) groups is 1. The Morgan fingerprint density at radius 3 is 2.46 bits per heavy atom. The van der Waals surface area contributed by atoms with Crippen molar-refractivity contribution in [3.05, 3.63) is 11.6 Å². The van der Waals surface area contributed by atoms with Gasteiger partial charge in [-0.2, -0.15) is 12.6 Å². The number of hydrogen-bond acceptors (Lipinski definition) is 3. The maximum absolute atomic E-state index is 10.6. The first-order chi connectivity index (χ1) is 5.81. The first-order valence-corrected chi connectivity index (χ1v) is 4.72. The zero-order valence-corrected chi connectivity index (χ0v) is 9.14. The lowest BCUT2D eigenvalue weighted by molar-refractivity contribution is -0.140. The Labute approximate surface area is 84.4 Å². The van der Waals surface area contributed by atoms with Crippen LogP contribution in [0.2, 0.25) is 0 Å². The third-order valence-corrected chi connectivity index (χ3v) is 2.43. The SMILES string of the molecule is C/C(=C\C(C)(C)C(N)C(=O)O)CS. The molecule has 0 saturated carbocycles. The molecule has 0 aliphatic carbocycles. The monoisotopic (exact) mass is 203 g/mol. The van der Waals surface area contributed by atoms with Gasteiger partial charge in [-0.1, -0.05) is 25.5 Å². The normalized spacial score (nSPS) is 15.6. The van der Waals surface area contributed by atoms with Gasteiger partial charge in [0.25, 0.3) is 0 Å². The summed E-state index contributed by atoms with van der Waals surface area (Å²) in [6.07, 6.45) is 1.86. The molecular weight excluding hydrogens is 186 g/mol.